The summed E-state index contributed by atoms with van der Waals surface area (Å²) in [6.07, 6.45) is -4.53. The van der Waals surface area contributed by atoms with Crippen molar-refractivity contribution in [1.82, 2.24) is 14.9 Å². The Morgan fingerprint density at radius 3 is 1.81 bits per heavy atom. The second-order valence-corrected chi connectivity index (χ2v) is 11.5. The van der Waals surface area contributed by atoms with Crippen LogP contribution in [0.5, 0.6) is 0 Å². The lowest BCUT2D eigenvalue weighted by Crippen LogP contribution is -2.39. The highest BCUT2D eigenvalue weighted by atomic mass is 35.5. The minimum atomic E-state index is -2.27. The van der Waals surface area contributed by atoms with Gasteiger partial charge in [-0.1, -0.05) is 54.6 Å². The Hall–Kier alpha value is -4.39. The second-order valence-electron chi connectivity index (χ2n) is 10.1. The number of carbonyl (C=O) groups is 3. The van der Waals surface area contributed by atoms with Crippen molar-refractivity contribution in [3.8, 4) is 0 Å². The number of aliphatic hydroxyl groups excluding tert-OH is 2. The number of guanidine groups is 1. The first kappa shape index (κ1) is 40.6. The first-order valence-corrected chi connectivity index (χ1v) is 14.5. The summed E-state index contributed by atoms with van der Waals surface area (Å²) < 4.78 is 0. The molecule has 0 radical (unpaired) electrons. The Kier molecular flexibility index (Phi) is 16.1. The molecule has 3 aromatic rings. The lowest BCUT2D eigenvalue weighted by molar-refractivity contribution is -0.165. The number of hydrogen-bond donors (Lipinski definition) is 8. The smallest absolute Gasteiger partial charge is 0.335 e. The molecule has 3 atom stereocenters. The van der Waals surface area contributed by atoms with E-state index < -0.39 is 36.0 Å². The van der Waals surface area contributed by atoms with Gasteiger partial charge in [-0.2, -0.15) is 4.99 Å². The fourth-order valence-electron chi connectivity index (χ4n) is 4.01. The van der Waals surface area contributed by atoms with Crippen LogP contribution in [-0.2, 0) is 9.59 Å². The molecule has 2 aromatic carbocycles. The van der Waals surface area contributed by atoms with Crippen molar-refractivity contribution in [3.63, 3.8) is 0 Å². The van der Waals surface area contributed by atoms with Gasteiger partial charge >= 0.3 is 17.8 Å². The number of rotatable bonds is 8. The average Bonchev–Trinajstić information content (AvgIpc) is 2.97. The summed E-state index contributed by atoms with van der Waals surface area (Å²) in [5.41, 5.74) is 23.1. The van der Waals surface area contributed by atoms with Gasteiger partial charge in [0.2, 0.25) is 0 Å². The molecule has 19 heteroatoms. The molecule has 16 nitrogen and oxygen atoms in total. The summed E-state index contributed by atoms with van der Waals surface area (Å²) in [4.78, 5) is 48.7. The molecule has 256 valence electrons. The van der Waals surface area contributed by atoms with Crippen molar-refractivity contribution in [2.45, 2.75) is 28.9 Å². The first-order chi connectivity index (χ1) is 21.5. The van der Waals surface area contributed by atoms with Crippen LogP contribution in [0.15, 0.2) is 63.3 Å². The molecule has 0 saturated carbocycles. The minimum Gasteiger partial charge on any atom is -0.479 e. The number of hydrogen-bond acceptors (Lipinski definition) is 12. The van der Waals surface area contributed by atoms with E-state index in [1.54, 1.807) is 0 Å². The number of aliphatic carboxylic acids is 2. The number of carbonyl (C=O) groups excluding carboxylic acids is 1. The van der Waals surface area contributed by atoms with Gasteiger partial charge < -0.3 is 53.2 Å². The van der Waals surface area contributed by atoms with E-state index in [1.165, 1.54) is 21.2 Å². The number of aliphatic hydroxyl groups is 2. The van der Waals surface area contributed by atoms with Crippen LogP contribution in [0.25, 0.3) is 0 Å². The summed E-state index contributed by atoms with van der Waals surface area (Å²) in [5, 5.41) is 32.4. The Labute approximate surface area is 285 Å². The largest absolute Gasteiger partial charge is 0.479 e. The van der Waals surface area contributed by atoms with E-state index in [2.05, 4.69) is 94.3 Å². The second kappa shape index (κ2) is 18.7. The SMILES string of the molecule is CC(CN(C)C)CN1c2ccccc2Sc2ccccc21.Cl.NC(N)=NC(=O)c1nc(Cl)c(N)nc1N.O=C(O)C(O)C(O)C(=O)O. The van der Waals surface area contributed by atoms with E-state index in [0.717, 1.165) is 13.1 Å². The monoisotopic (exact) mass is 713 g/mol. The molecule has 4 rings (SSSR count). The van der Waals surface area contributed by atoms with Crippen molar-refractivity contribution in [3.05, 3.63) is 59.4 Å². The van der Waals surface area contributed by atoms with E-state index in [9.17, 15) is 14.4 Å². The molecule has 0 spiro atoms. The lowest BCUT2D eigenvalue weighted by Gasteiger charge is -2.35. The number of nitrogen functional groups attached to an aromatic ring is 2. The molecule has 3 unspecified atom stereocenters. The van der Waals surface area contributed by atoms with Gasteiger partial charge in [0, 0.05) is 22.9 Å². The van der Waals surface area contributed by atoms with Crippen LogP contribution in [0.3, 0.4) is 0 Å². The molecule has 12 N–H and O–H groups in total. The van der Waals surface area contributed by atoms with Gasteiger partial charge in [-0.05, 0) is 44.3 Å². The molecule has 1 aliphatic heterocycles. The highest BCUT2D eigenvalue weighted by Gasteiger charge is 2.29. The van der Waals surface area contributed by atoms with Crippen LogP contribution >= 0.6 is 35.8 Å². The zero-order chi connectivity index (χ0) is 34.7. The quantitative estimate of drug-likeness (QED) is 0.121. The van der Waals surface area contributed by atoms with Crippen molar-refractivity contribution < 1.29 is 34.8 Å². The van der Waals surface area contributed by atoms with Crippen LogP contribution < -0.4 is 27.8 Å². The molecule has 2 heterocycles. The van der Waals surface area contributed by atoms with E-state index in [-0.39, 0.29) is 34.9 Å². The van der Waals surface area contributed by atoms with Crippen molar-refractivity contribution in [1.29, 1.82) is 0 Å². The number of anilines is 4. The number of para-hydroxylation sites is 2. The third-order valence-corrected chi connectivity index (χ3v) is 7.25. The van der Waals surface area contributed by atoms with Crippen LogP contribution in [0, 0.1) is 5.92 Å². The van der Waals surface area contributed by atoms with Crippen molar-refractivity contribution in [2.24, 2.45) is 22.4 Å². The summed E-state index contributed by atoms with van der Waals surface area (Å²) in [6.45, 7) is 4.48. The summed E-state index contributed by atoms with van der Waals surface area (Å²) in [5.74, 6) is -4.42. The lowest BCUT2D eigenvalue weighted by atomic mass is 10.1. The van der Waals surface area contributed by atoms with E-state index >= 15 is 0 Å². The Bertz CT molecular complexity index is 1520. The molecule has 1 amide bonds. The van der Waals surface area contributed by atoms with Gasteiger partial charge in [-0.15, -0.1) is 12.4 Å². The number of aromatic nitrogens is 2. The molecule has 1 aliphatic rings. The third kappa shape index (κ3) is 12.0. The number of halogens is 2. The highest BCUT2D eigenvalue weighted by molar-refractivity contribution is 7.99. The first-order valence-electron chi connectivity index (χ1n) is 13.4. The fourth-order valence-corrected chi connectivity index (χ4v) is 5.23. The molecule has 0 saturated heterocycles. The van der Waals surface area contributed by atoms with E-state index in [1.807, 2.05) is 11.8 Å². The Morgan fingerprint density at radius 2 is 1.38 bits per heavy atom. The minimum absolute atomic E-state index is 0. The number of nitrogens with two attached hydrogens (primary N) is 4. The zero-order valence-corrected chi connectivity index (χ0v) is 27.9. The van der Waals surface area contributed by atoms with Crippen molar-refractivity contribution in [2.75, 3.05) is 43.6 Å². The third-order valence-electron chi connectivity index (χ3n) is 5.85. The standard InChI is InChI=1S/C18H22N2S.C6H8ClN7O.C4H6O6.ClH/c1-14(12-19(2)3)13-20-15-8-4-6-10-17(15)21-18-11-7-5-9-16(18)20;7-2-4(9)13-3(8)1(12-2)5(15)14-6(10)11;5-1(3(7)8)2(6)4(9)10;/h4-11,14H,12-13H2,1-3H3;(H4,8,9,13)(H4,10,11,14,15);1-2,5-6H,(H,7,8)(H,9,10);1H. The maximum absolute atomic E-state index is 11.3. The molecule has 1 aromatic heterocycles. The summed E-state index contributed by atoms with van der Waals surface area (Å²) in [6, 6.07) is 17.4. The molecule has 47 heavy (non-hydrogen) atoms. The fraction of sp³-hybridized carbons (Fsp3) is 0.286. The van der Waals surface area contributed by atoms with Gasteiger partial charge in [-0.3, -0.25) is 4.79 Å². The van der Waals surface area contributed by atoms with Gasteiger partial charge in [0.25, 0.3) is 0 Å². The van der Waals surface area contributed by atoms with Gasteiger partial charge in [0.15, 0.2) is 40.7 Å². The average molecular weight is 715 g/mol. The number of carboxylic acids is 2. The van der Waals surface area contributed by atoms with Crippen LogP contribution in [-0.4, -0.2) is 98.5 Å². The topological polar surface area (TPSA) is 281 Å². The number of nitrogens with zero attached hydrogens (tertiary/aromatic N) is 5. The molecule has 0 bridgehead atoms. The van der Waals surface area contributed by atoms with E-state index in [0.29, 0.717) is 5.92 Å². The number of benzene rings is 2. The van der Waals surface area contributed by atoms with Crippen LogP contribution in [0.2, 0.25) is 5.15 Å². The van der Waals surface area contributed by atoms with E-state index in [4.69, 9.17) is 55.0 Å². The number of fused-ring (bicyclic) bond motifs is 2. The van der Waals surface area contributed by atoms with Gasteiger partial charge in [0.05, 0.1) is 11.4 Å². The predicted octanol–water partition coefficient (Wildman–Crippen LogP) is 1.49. The molecular weight excluding hydrogens is 677 g/mol. The Balaban J connectivity index is 0.000000375. The molecule has 0 aliphatic carbocycles. The summed E-state index contributed by atoms with van der Waals surface area (Å²) in [7, 11) is 4.29. The van der Waals surface area contributed by atoms with Crippen molar-refractivity contribution >= 4 is 82.6 Å². The van der Waals surface area contributed by atoms with Gasteiger partial charge in [-0.25, -0.2) is 19.6 Å². The van der Waals surface area contributed by atoms with Crippen LogP contribution in [0.4, 0.5) is 23.0 Å². The molecule has 0 fully saturated rings. The van der Waals surface area contributed by atoms with Gasteiger partial charge in [0.1, 0.15) is 0 Å². The number of aliphatic imine (C=N–C) groups is 1. The number of carboxylic acid groups (broad SMARTS) is 2. The predicted molar refractivity (Wildman–Crippen MR) is 182 cm³/mol. The normalized spacial score (nSPS) is 13.0. The zero-order valence-electron chi connectivity index (χ0n) is 25.5. The maximum Gasteiger partial charge on any atom is 0.335 e. The highest BCUT2D eigenvalue weighted by Crippen LogP contribution is 2.48. The Morgan fingerprint density at radius 1 is 0.915 bits per heavy atom. The number of amides is 1. The van der Waals surface area contributed by atoms with Crippen LogP contribution in [0.1, 0.15) is 17.4 Å². The summed E-state index contributed by atoms with van der Waals surface area (Å²) >= 11 is 7.42. The molecular formula is C28H37Cl2N9O7S. The maximum atomic E-state index is 11.3.